The summed E-state index contributed by atoms with van der Waals surface area (Å²) < 4.78 is 14.1. The van der Waals surface area contributed by atoms with Gasteiger partial charge < -0.3 is 9.31 Å². The van der Waals surface area contributed by atoms with Crippen LogP contribution in [0.25, 0.3) is 0 Å². The van der Waals surface area contributed by atoms with E-state index in [2.05, 4.69) is 18.1 Å². The Morgan fingerprint density at radius 1 is 1.32 bits per heavy atom. The monoisotopic (exact) mass is 301 g/mol. The number of nitriles is 1. The Morgan fingerprint density at radius 2 is 1.91 bits per heavy atom. The number of hydrogen-bond acceptors (Lipinski definition) is 4. The van der Waals surface area contributed by atoms with Crippen LogP contribution in [0.4, 0.5) is 0 Å². The van der Waals surface area contributed by atoms with Crippen molar-refractivity contribution in [3.63, 3.8) is 0 Å². The highest BCUT2D eigenvalue weighted by Gasteiger charge is 2.52. The van der Waals surface area contributed by atoms with E-state index in [1.807, 2.05) is 44.8 Å². The molecular weight excluding hydrogens is 277 g/mol. The molecule has 0 spiro atoms. The summed E-state index contributed by atoms with van der Waals surface area (Å²) >= 11 is 0. The lowest BCUT2D eigenvalue weighted by Crippen LogP contribution is -2.46. The van der Waals surface area contributed by atoms with Crippen molar-refractivity contribution in [1.29, 1.82) is 5.26 Å². The quantitative estimate of drug-likeness (QED) is 0.803. The molecule has 3 rings (SSSR count). The van der Waals surface area contributed by atoms with Gasteiger partial charge in [-0.3, -0.25) is 4.68 Å². The van der Waals surface area contributed by atoms with Crippen LogP contribution in [-0.2, 0) is 14.8 Å². The van der Waals surface area contributed by atoms with Gasteiger partial charge >= 0.3 is 7.12 Å². The van der Waals surface area contributed by atoms with Gasteiger partial charge in [-0.1, -0.05) is 6.92 Å². The molecule has 0 radical (unpaired) electrons. The van der Waals surface area contributed by atoms with Crippen LogP contribution in [0.1, 0.15) is 53.9 Å². The molecule has 6 heteroatoms. The van der Waals surface area contributed by atoms with E-state index in [-0.39, 0.29) is 16.7 Å². The zero-order valence-corrected chi connectivity index (χ0v) is 14.1. The van der Waals surface area contributed by atoms with Crippen molar-refractivity contribution in [2.45, 2.75) is 70.6 Å². The Labute approximate surface area is 132 Å². The first-order valence-electron chi connectivity index (χ1n) is 7.97. The zero-order chi connectivity index (χ0) is 16.2. The first kappa shape index (κ1) is 15.6. The molecule has 0 unspecified atom stereocenters. The van der Waals surface area contributed by atoms with Crippen molar-refractivity contribution < 1.29 is 9.31 Å². The van der Waals surface area contributed by atoms with Gasteiger partial charge in [0.15, 0.2) is 0 Å². The molecule has 1 aromatic rings. The van der Waals surface area contributed by atoms with Crippen LogP contribution in [0.3, 0.4) is 0 Å². The van der Waals surface area contributed by atoms with Crippen LogP contribution in [-0.4, -0.2) is 28.1 Å². The molecule has 2 fully saturated rings. The minimum atomic E-state index is -0.393. The summed E-state index contributed by atoms with van der Waals surface area (Å²) in [6.45, 7) is 10.4. The zero-order valence-electron chi connectivity index (χ0n) is 14.1. The fourth-order valence-electron chi connectivity index (χ4n) is 3.49. The first-order valence-corrected chi connectivity index (χ1v) is 7.97. The minimum Gasteiger partial charge on any atom is -0.399 e. The summed E-state index contributed by atoms with van der Waals surface area (Å²) in [5, 5.41) is 13.6. The Hall–Kier alpha value is -1.32. The van der Waals surface area contributed by atoms with Gasteiger partial charge in [0.1, 0.15) is 0 Å². The number of aromatic nitrogens is 2. The van der Waals surface area contributed by atoms with E-state index in [4.69, 9.17) is 14.6 Å². The Kier molecular flexibility index (Phi) is 3.43. The van der Waals surface area contributed by atoms with Crippen molar-refractivity contribution in [3.05, 3.63) is 12.4 Å². The van der Waals surface area contributed by atoms with Crippen LogP contribution < -0.4 is 5.46 Å². The fraction of sp³-hybridized carbons (Fsp3) is 0.750. The standard InChI is InChI=1S/C16H24BN3O2/c1-12-8-16(9-12,6-7-18)20-11-13(10-19-20)17-21-14(2,3)15(4,5)22-17/h10-12H,6,8-9H2,1-5H3/t12-,16-. The summed E-state index contributed by atoms with van der Waals surface area (Å²) in [6, 6.07) is 2.31. The second-order valence-corrected chi connectivity index (χ2v) is 7.88. The van der Waals surface area contributed by atoms with Crippen molar-refractivity contribution in [2.75, 3.05) is 0 Å². The van der Waals surface area contributed by atoms with Gasteiger partial charge in [0.25, 0.3) is 0 Å². The number of hydrogen-bond donors (Lipinski definition) is 0. The summed E-state index contributed by atoms with van der Waals surface area (Å²) in [4.78, 5) is 0. The predicted molar refractivity (Wildman–Crippen MR) is 84.5 cm³/mol. The van der Waals surface area contributed by atoms with Crippen molar-refractivity contribution in [2.24, 2.45) is 5.92 Å². The highest BCUT2D eigenvalue weighted by atomic mass is 16.7. The van der Waals surface area contributed by atoms with Crippen LogP contribution >= 0.6 is 0 Å². The highest BCUT2D eigenvalue weighted by molar-refractivity contribution is 6.62. The maximum atomic E-state index is 9.13. The van der Waals surface area contributed by atoms with E-state index in [1.54, 1.807) is 0 Å². The SMILES string of the molecule is CC1(C)OB(c2cnn([C@]3(CC#N)C[C@@H](C)C3)c2)OC1(C)C. The van der Waals surface area contributed by atoms with Gasteiger partial charge in [-0.2, -0.15) is 10.4 Å². The summed E-state index contributed by atoms with van der Waals surface area (Å²) in [5.41, 5.74) is 0.0794. The van der Waals surface area contributed by atoms with Crippen molar-refractivity contribution in [1.82, 2.24) is 9.78 Å². The maximum absolute atomic E-state index is 9.13. The van der Waals surface area contributed by atoms with E-state index in [1.165, 1.54) is 0 Å². The first-order chi connectivity index (χ1) is 10.2. The molecule has 0 bridgehead atoms. The molecular formula is C16H24BN3O2. The van der Waals surface area contributed by atoms with Crippen molar-refractivity contribution in [3.8, 4) is 6.07 Å². The third kappa shape index (κ3) is 2.27. The number of nitrogens with zero attached hydrogens (tertiary/aromatic N) is 3. The fourth-order valence-corrected chi connectivity index (χ4v) is 3.49. The number of rotatable bonds is 3. The lowest BCUT2D eigenvalue weighted by molar-refractivity contribution is 0.00578. The van der Waals surface area contributed by atoms with Crippen LogP contribution in [0.5, 0.6) is 0 Å². The van der Waals surface area contributed by atoms with E-state index < -0.39 is 7.12 Å². The molecule has 0 amide bonds. The van der Waals surface area contributed by atoms with E-state index in [9.17, 15) is 0 Å². The Balaban J connectivity index is 1.82. The average molecular weight is 301 g/mol. The molecule has 22 heavy (non-hydrogen) atoms. The van der Waals surface area contributed by atoms with E-state index in [0.29, 0.717) is 12.3 Å². The van der Waals surface area contributed by atoms with Gasteiger partial charge in [0.05, 0.1) is 29.2 Å². The highest BCUT2D eigenvalue weighted by Crippen LogP contribution is 2.45. The molecule has 1 aliphatic carbocycles. The predicted octanol–water partition coefficient (Wildman–Crippen LogP) is 2.22. The van der Waals surface area contributed by atoms with Crippen LogP contribution in [0.15, 0.2) is 12.4 Å². The molecule has 0 N–H and O–H groups in total. The van der Waals surface area contributed by atoms with Gasteiger partial charge in [-0.15, -0.1) is 0 Å². The normalized spacial score (nSPS) is 32.5. The summed E-state index contributed by atoms with van der Waals surface area (Å²) in [7, 11) is -0.393. The van der Waals surface area contributed by atoms with Gasteiger partial charge in [-0.05, 0) is 46.5 Å². The lowest BCUT2D eigenvalue weighted by Gasteiger charge is -2.45. The molecule has 118 valence electrons. The van der Waals surface area contributed by atoms with Crippen molar-refractivity contribution >= 4 is 12.6 Å². The Morgan fingerprint density at radius 3 is 2.41 bits per heavy atom. The average Bonchev–Trinajstić information content (AvgIpc) is 2.91. The third-order valence-electron chi connectivity index (χ3n) is 5.48. The third-order valence-corrected chi connectivity index (χ3v) is 5.48. The molecule has 1 aromatic heterocycles. The maximum Gasteiger partial charge on any atom is 0.498 e. The second-order valence-electron chi connectivity index (χ2n) is 7.88. The molecule has 1 saturated heterocycles. The van der Waals surface area contributed by atoms with Gasteiger partial charge in [0, 0.05) is 17.9 Å². The molecule has 2 aliphatic rings. The van der Waals surface area contributed by atoms with Gasteiger partial charge in [-0.25, -0.2) is 0 Å². The Bertz CT molecular complexity index is 595. The van der Waals surface area contributed by atoms with E-state index >= 15 is 0 Å². The molecule has 2 heterocycles. The van der Waals surface area contributed by atoms with Gasteiger partial charge in [0.2, 0.25) is 0 Å². The van der Waals surface area contributed by atoms with Crippen LogP contribution in [0.2, 0.25) is 0 Å². The van der Waals surface area contributed by atoms with E-state index in [0.717, 1.165) is 18.3 Å². The summed E-state index contributed by atoms with van der Waals surface area (Å²) in [5.74, 6) is 0.651. The largest absolute Gasteiger partial charge is 0.498 e. The lowest BCUT2D eigenvalue weighted by atomic mass is 9.67. The molecule has 5 nitrogen and oxygen atoms in total. The molecule has 1 aliphatic heterocycles. The topological polar surface area (TPSA) is 60.1 Å². The molecule has 0 aromatic carbocycles. The molecule has 1 saturated carbocycles. The smallest absolute Gasteiger partial charge is 0.399 e. The summed E-state index contributed by atoms with van der Waals surface area (Å²) in [6.07, 6.45) is 6.31. The minimum absolute atomic E-state index is 0.143. The second kappa shape index (κ2) is 4.84. The molecule has 0 atom stereocenters. The van der Waals surface area contributed by atoms with Crippen LogP contribution in [0, 0.1) is 17.2 Å².